The minimum atomic E-state index is -3.40. The smallest absolute Gasteiger partial charge is 0.244 e. The average Bonchev–Trinajstić information content (AvgIpc) is 2.15. The van der Waals surface area contributed by atoms with Crippen LogP contribution in [0.2, 0.25) is 0 Å². The van der Waals surface area contributed by atoms with Gasteiger partial charge in [0.25, 0.3) is 0 Å². The minimum absolute atomic E-state index is 0.141. The first-order valence-corrected chi connectivity index (χ1v) is 6.65. The molecule has 1 aliphatic rings. The van der Waals surface area contributed by atoms with Gasteiger partial charge in [-0.25, -0.2) is 13.4 Å². The zero-order valence-electron chi connectivity index (χ0n) is 9.13. The van der Waals surface area contributed by atoms with Crippen LogP contribution in [-0.4, -0.2) is 30.8 Å². The number of rotatable bonds is 3. The molecular weight excluding hydrogens is 226 g/mol. The van der Waals surface area contributed by atoms with Crippen LogP contribution in [0.3, 0.4) is 0 Å². The highest BCUT2D eigenvalue weighted by Gasteiger charge is 2.31. The van der Waals surface area contributed by atoms with Crippen LogP contribution in [0, 0.1) is 0 Å². The highest BCUT2D eigenvalue weighted by atomic mass is 32.2. The van der Waals surface area contributed by atoms with Crippen LogP contribution in [0.4, 0.5) is 5.82 Å². The standard InChI is InChI=1S/C10H15N3O2S/c1-13(8-3-2-4-8)16(14,15)9-5-6-10(11)12-7-9/h5-8H,2-4H2,1H3,(H2,11,12). The zero-order chi connectivity index (χ0) is 11.8. The Labute approximate surface area is 95.3 Å². The number of nitrogens with two attached hydrogens (primary N) is 1. The van der Waals surface area contributed by atoms with Gasteiger partial charge in [0.15, 0.2) is 0 Å². The largest absolute Gasteiger partial charge is 0.384 e. The number of anilines is 1. The third-order valence-corrected chi connectivity index (χ3v) is 4.92. The quantitative estimate of drug-likeness (QED) is 0.850. The summed E-state index contributed by atoms with van der Waals surface area (Å²) in [5, 5.41) is 0. The third kappa shape index (κ3) is 1.90. The number of sulfonamides is 1. The molecule has 0 atom stereocenters. The van der Waals surface area contributed by atoms with Crippen LogP contribution in [0.25, 0.3) is 0 Å². The lowest BCUT2D eigenvalue weighted by atomic mass is 9.94. The number of pyridine rings is 1. The highest BCUT2D eigenvalue weighted by Crippen LogP contribution is 2.28. The topological polar surface area (TPSA) is 76.3 Å². The minimum Gasteiger partial charge on any atom is -0.384 e. The SMILES string of the molecule is CN(C1CCC1)S(=O)(=O)c1ccc(N)nc1. The molecule has 16 heavy (non-hydrogen) atoms. The van der Waals surface area contributed by atoms with Gasteiger partial charge in [0.2, 0.25) is 10.0 Å². The van der Waals surface area contributed by atoms with E-state index in [-0.39, 0.29) is 10.9 Å². The van der Waals surface area contributed by atoms with E-state index in [2.05, 4.69) is 4.98 Å². The van der Waals surface area contributed by atoms with Crippen molar-refractivity contribution in [3.05, 3.63) is 18.3 Å². The Balaban J connectivity index is 2.27. The van der Waals surface area contributed by atoms with E-state index in [0.29, 0.717) is 5.82 Å². The summed E-state index contributed by atoms with van der Waals surface area (Å²) in [5.41, 5.74) is 5.42. The molecule has 0 radical (unpaired) electrons. The molecule has 0 unspecified atom stereocenters. The van der Waals surface area contributed by atoms with E-state index in [1.54, 1.807) is 7.05 Å². The average molecular weight is 241 g/mol. The van der Waals surface area contributed by atoms with Gasteiger partial charge < -0.3 is 5.73 Å². The molecule has 1 fully saturated rings. The lowest BCUT2D eigenvalue weighted by Crippen LogP contribution is -2.41. The molecule has 1 aromatic heterocycles. The normalized spacial score (nSPS) is 17.4. The molecule has 0 bridgehead atoms. The molecule has 1 saturated carbocycles. The second-order valence-electron chi connectivity index (χ2n) is 4.02. The summed E-state index contributed by atoms with van der Waals surface area (Å²) in [6, 6.07) is 3.14. The lowest BCUT2D eigenvalue weighted by Gasteiger charge is -2.33. The molecular formula is C10H15N3O2S. The predicted molar refractivity (Wildman–Crippen MR) is 61.2 cm³/mol. The van der Waals surface area contributed by atoms with Crippen molar-refractivity contribution in [1.29, 1.82) is 0 Å². The van der Waals surface area contributed by atoms with Crippen LogP contribution in [0.15, 0.2) is 23.2 Å². The Morgan fingerprint density at radius 3 is 2.56 bits per heavy atom. The van der Waals surface area contributed by atoms with E-state index in [1.807, 2.05) is 0 Å². The van der Waals surface area contributed by atoms with Crippen molar-refractivity contribution in [2.45, 2.75) is 30.2 Å². The van der Waals surface area contributed by atoms with E-state index < -0.39 is 10.0 Å². The summed E-state index contributed by atoms with van der Waals surface area (Å²) < 4.78 is 25.7. The van der Waals surface area contributed by atoms with Crippen LogP contribution in [0.5, 0.6) is 0 Å². The molecule has 88 valence electrons. The Hall–Kier alpha value is -1.14. The summed E-state index contributed by atoms with van der Waals surface area (Å²) in [4.78, 5) is 4.01. The second kappa shape index (κ2) is 4.03. The molecule has 0 saturated heterocycles. The molecule has 0 amide bonds. The van der Waals surface area contributed by atoms with Gasteiger partial charge in [-0.3, -0.25) is 0 Å². The van der Waals surface area contributed by atoms with Gasteiger partial charge in [-0.05, 0) is 25.0 Å². The summed E-state index contributed by atoms with van der Waals surface area (Å²) in [5.74, 6) is 0.324. The molecule has 6 heteroatoms. The number of nitrogens with zero attached hydrogens (tertiary/aromatic N) is 2. The van der Waals surface area contributed by atoms with Crippen molar-refractivity contribution in [2.75, 3.05) is 12.8 Å². The predicted octanol–water partition coefficient (Wildman–Crippen LogP) is 0.837. The third-order valence-electron chi connectivity index (χ3n) is 3.03. The van der Waals surface area contributed by atoms with Crippen molar-refractivity contribution in [1.82, 2.24) is 9.29 Å². The maximum Gasteiger partial charge on any atom is 0.244 e. The number of nitrogen functional groups attached to an aromatic ring is 1. The fourth-order valence-electron chi connectivity index (χ4n) is 1.66. The van der Waals surface area contributed by atoms with Crippen LogP contribution in [0.1, 0.15) is 19.3 Å². The first-order chi connectivity index (χ1) is 7.51. The van der Waals surface area contributed by atoms with E-state index >= 15 is 0 Å². The van der Waals surface area contributed by atoms with Crippen LogP contribution in [-0.2, 0) is 10.0 Å². The van der Waals surface area contributed by atoms with Gasteiger partial charge in [0.05, 0.1) is 0 Å². The molecule has 0 aliphatic heterocycles. The lowest BCUT2D eigenvalue weighted by molar-refractivity contribution is 0.249. The Morgan fingerprint density at radius 2 is 2.12 bits per heavy atom. The van der Waals surface area contributed by atoms with Crippen LogP contribution >= 0.6 is 0 Å². The number of hydrogen-bond donors (Lipinski definition) is 1. The van der Waals surface area contributed by atoms with Crippen molar-refractivity contribution in [3.63, 3.8) is 0 Å². The first kappa shape index (κ1) is 11.3. The summed E-state index contributed by atoms with van der Waals surface area (Å²) in [7, 11) is -1.78. The van der Waals surface area contributed by atoms with Gasteiger partial charge in [0.1, 0.15) is 10.7 Å². The fraction of sp³-hybridized carbons (Fsp3) is 0.500. The van der Waals surface area contributed by atoms with Crippen molar-refractivity contribution in [2.24, 2.45) is 0 Å². The monoisotopic (exact) mass is 241 g/mol. The van der Waals surface area contributed by atoms with Gasteiger partial charge in [-0.2, -0.15) is 4.31 Å². The molecule has 2 rings (SSSR count). The first-order valence-electron chi connectivity index (χ1n) is 5.21. The summed E-state index contributed by atoms with van der Waals surface area (Å²) >= 11 is 0. The molecule has 0 aromatic carbocycles. The number of hydrogen-bond acceptors (Lipinski definition) is 4. The Kier molecular flexibility index (Phi) is 2.86. The molecule has 2 N–H and O–H groups in total. The molecule has 1 aromatic rings. The van der Waals surface area contributed by atoms with Gasteiger partial charge in [-0.15, -0.1) is 0 Å². The van der Waals surface area contributed by atoms with E-state index in [0.717, 1.165) is 19.3 Å². The summed E-state index contributed by atoms with van der Waals surface area (Å²) in [6.07, 6.45) is 4.29. The second-order valence-corrected chi connectivity index (χ2v) is 6.02. The zero-order valence-corrected chi connectivity index (χ0v) is 9.94. The Morgan fingerprint density at radius 1 is 1.44 bits per heavy atom. The van der Waals surface area contributed by atoms with Crippen molar-refractivity contribution < 1.29 is 8.42 Å². The number of aromatic nitrogens is 1. The fourth-order valence-corrected chi connectivity index (χ4v) is 3.02. The van der Waals surface area contributed by atoms with Gasteiger partial charge >= 0.3 is 0 Å². The van der Waals surface area contributed by atoms with Crippen molar-refractivity contribution >= 4 is 15.8 Å². The maximum absolute atomic E-state index is 12.1. The Bertz CT molecular complexity index is 465. The summed E-state index contributed by atoms with van der Waals surface area (Å²) in [6.45, 7) is 0. The molecule has 1 heterocycles. The van der Waals surface area contributed by atoms with Gasteiger partial charge in [-0.1, -0.05) is 6.42 Å². The van der Waals surface area contributed by atoms with E-state index in [9.17, 15) is 8.42 Å². The van der Waals surface area contributed by atoms with Gasteiger partial charge in [0, 0.05) is 19.3 Å². The van der Waals surface area contributed by atoms with Crippen molar-refractivity contribution in [3.8, 4) is 0 Å². The molecule has 5 nitrogen and oxygen atoms in total. The maximum atomic E-state index is 12.1. The molecule has 0 spiro atoms. The highest BCUT2D eigenvalue weighted by molar-refractivity contribution is 7.89. The van der Waals surface area contributed by atoms with Crippen LogP contribution < -0.4 is 5.73 Å². The van der Waals surface area contributed by atoms with E-state index in [1.165, 1.54) is 22.6 Å². The van der Waals surface area contributed by atoms with E-state index in [4.69, 9.17) is 5.73 Å². The molecule has 1 aliphatic carbocycles.